The molecular weight excluding hydrogens is 452 g/mol. The third kappa shape index (κ3) is 2.71. The maximum Gasteiger partial charge on any atom is 0.272 e. The summed E-state index contributed by atoms with van der Waals surface area (Å²) >= 11 is 0. The van der Waals surface area contributed by atoms with Crippen LogP contribution in [0.1, 0.15) is 72.6 Å². The quantitative estimate of drug-likeness (QED) is 0.580. The Morgan fingerprint density at radius 3 is 2.59 bits per heavy atom. The first-order chi connectivity index (χ1) is 15.7. The van der Waals surface area contributed by atoms with E-state index in [2.05, 4.69) is 33.9 Å². The standard InChI is InChI=1S/C26H42O7Si/c1-22(2,3)34(5,6)30-14-25-19-11-15-12-24(25,33-21(31-15)32-19)9-7-16-20(25)17(27)13-23(4)18(28)8-10-26(16,23)29/h15-17,19-21,27,29H,7-14H2,1-6H3/t15-,16+,17+,19+,20+,21?,23+,24-,25+,26-/m0/s1. The van der Waals surface area contributed by atoms with Crippen LogP contribution in [-0.4, -0.2) is 66.9 Å². The van der Waals surface area contributed by atoms with Crippen molar-refractivity contribution in [3.05, 3.63) is 0 Å². The Kier molecular flexibility index (Phi) is 4.90. The van der Waals surface area contributed by atoms with Crippen LogP contribution in [0, 0.1) is 22.7 Å². The van der Waals surface area contributed by atoms with Gasteiger partial charge < -0.3 is 28.8 Å². The Hall–Kier alpha value is -0.353. The van der Waals surface area contributed by atoms with Gasteiger partial charge in [0.25, 0.3) is 6.48 Å². The van der Waals surface area contributed by atoms with Crippen molar-refractivity contribution in [2.45, 2.75) is 127 Å². The number of aliphatic hydroxyl groups excluding tert-OH is 1. The van der Waals surface area contributed by atoms with Gasteiger partial charge in [-0.15, -0.1) is 0 Å². The number of carbonyl (C=O) groups is 1. The predicted molar refractivity (Wildman–Crippen MR) is 126 cm³/mol. The zero-order valence-electron chi connectivity index (χ0n) is 21.6. The van der Waals surface area contributed by atoms with Crippen LogP contribution in [0.2, 0.25) is 18.1 Å². The molecule has 3 aliphatic heterocycles. The minimum Gasteiger partial charge on any atom is -0.416 e. The first-order valence-corrected chi connectivity index (χ1v) is 16.2. The van der Waals surface area contributed by atoms with Gasteiger partial charge in [0.05, 0.1) is 40.3 Å². The molecule has 0 aromatic heterocycles. The molecule has 192 valence electrons. The Labute approximate surface area is 204 Å². The zero-order chi connectivity index (χ0) is 24.5. The highest BCUT2D eigenvalue weighted by atomic mass is 28.4. The van der Waals surface area contributed by atoms with E-state index in [-0.39, 0.29) is 41.3 Å². The molecule has 8 heteroatoms. The lowest BCUT2D eigenvalue weighted by atomic mass is 9.40. The molecule has 0 aromatic rings. The molecule has 7 rings (SSSR count). The molecule has 2 N–H and O–H groups in total. The molecule has 1 spiro atoms. The average molecular weight is 495 g/mol. The van der Waals surface area contributed by atoms with E-state index in [4.69, 9.17) is 18.6 Å². The second-order valence-corrected chi connectivity index (χ2v) is 18.7. The normalized spacial score (nSPS) is 54.1. The van der Waals surface area contributed by atoms with Crippen LogP contribution in [0.15, 0.2) is 0 Å². The van der Waals surface area contributed by atoms with E-state index in [1.807, 2.05) is 6.92 Å². The molecule has 0 aromatic carbocycles. The van der Waals surface area contributed by atoms with E-state index in [1.165, 1.54) is 0 Å². The van der Waals surface area contributed by atoms with Gasteiger partial charge in [0.15, 0.2) is 8.32 Å². The van der Waals surface area contributed by atoms with Crippen molar-refractivity contribution >= 4 is 14.1 Å². The molecule has 0 amide bonds. The number of fused-ring (bicyclic) bond motifs is 3. The molecule has 7 fully saturated rings. The average Bonchev–Trinajstić information content (AvgIpc) is 2.95. The van der Waals surface area contributed by atoms with Gasteiger partial charge in [0.1, 0.15) is 5.78 Å². The fraction of sp³-hybridized carbons (Fsp3) is 0.962. The van der Waals surface area contributed by atoms with E-state index < -0.39 is 42.9 Å². The van der Waals surface area contributed by atoms with Crippen LogP contribution in [0.5, 0.6) is 0 Å². The minimum atomic E-state index is -2.12. The molecule has 10 atom stereocenters. The Bertz CT molecular complexity index is 886. The Balaban J connectivity index is 1.47. The SMILES string of the molecule is CC(C)(C)[Si](C)(C)OC[C@@]12[C@H]3[C@H](O)C[C@]4(C)C(=O)CC[C@]4(O)[C@@H]3CC[C@]13C[C@@H]1C[C@H]2OC(O1)O3. The van der Waals surface area contributed by atoms with Crippen molar-refractivity contribution in [3.8, 4) is 0 Å². The topological polar surface area (TPSA) is 94.5 Å². The highest BCUT2D eigenvalue weighted by molar-refractivity contribution is 6.74. The van der Waals surface area contributed by atoms with E-state index in [0.717, 1.165) is 25.7 Å². The van der Waals surface area contributed by atoms with Gasteiger partial charge in [-0.25, -0.2) is 0 Å². The molecule has 3 heterocycles. The number of hydrogen-bond acceptors (Lipinski definition) is 7. The van der Waals surface area contributed by atoms with Gasteiger partial charge in [-0.3, -0.25) is 4.79 Å². The van der Waals surface area contributed by atoms with Crippen molar-refractivity contribution in [1.29, 1.82) is 0 Å². The van der Waals surface area contributed by atoms with Crippen molar-refractivity contribution in [2.24, 2.45) is 22.7 Å². The number of aliphatic hydroxyl groups is 2. The lowest BCUT2D eigenvalue weighted by Gasteiger charge is -2.73. The van der Waals surface area contributed by atoms with Crippen molar-refractivity contribution < 1.29 is 33.6 Å². The van der Waals surface area contributed by atoms with Crippen LogP contribution >= 0.6 is 0 Å². The van der Waals surface area contributed by atoms with Crippen LogP contribution in [0.25, 0.3) is 0 Å². The molecule has 4 bridgehead atoms. The highest BCUT2D eigenvalue weighted by Gasteiger charge is 2.79. The lowest BCUT2D eigenvalue weighted by Crippen LogP contribution is -2.81. The molecule has 34 heavy (non-hydrogen) atoms. The minimum absolute atomic E-state index is 0.0431. The first kappa shape index (κ1) is 24.0. The Morgan fingerprint density at radius 2 is 1.91 bits per heavy atom. The van der Waals surface area contributed by atoms with E-state index >= 15 is 0 Å². The smallest absolute Gasteiger partial charge is 0.272 e. The summed E-state index contributed by atoms with van der Waals surface area (Å²) in [5.74, 6) is -0.350. The highest BCUT2D eigenvalue weighted by Crippen LogP contribution is 2.71. The van der Waals surface area contributed by atoms with Gasteiger partial charge in [-0.1, -0.05) is 20.8 Å². The summed E-state index contributed by atoms with van der Waals surface area (Å²) in [5, 5.41) is 24.0. The monoisotopic (exact) mass is 494 g/mol. The number of rotatable bonds is 3. The van der Waals surface area contributed by atoms with Crippen LogP contribution in [0.3, 0.4) is 0 Å². The van der Waals surface area contributed by atoms with Crippen molar-refractivity contribution in [3.63, 3.8) is 0 Å². The molecule has 4 aliphatic carbocycles. The van der Waals surface area contributed by atoms with Crippen LogP contribution in [-0.2, 0) is 23.4 Å². The van der Waals surface area contributed by atoms with Crippen LogP contribution < -0.4 is 0 Å². The van der Waals surface area contributed by atoms with Gasteiger partial charge >= 0.3 is 0 Å². The van der Waals surface area contributed by atoms with E-state index in [1.54, 1.807) is 0 Å². The molecule has 7 nitrogen and oxygen atoms in total. The number of ether oxygens (including phenoxy) is 3. The zero-order valence-corrected chi connectivity index (χ0v) is 22.6. The maximum atomic E-state index is 13.0. The first-order valence-electron chi connectivity index (χ1n) is 13.3. The van der Waals surface area contributed by atoms with Gasteiger partial charge in [-0.05, 0) is 56.7 Å². The molecule has 1 unspecified atom stereocenters. The van der Waals surface area contributed by atoms with Crippen molar-refractivity contribution in [1.82, 2.24) is 0 Å². The molecule has 3 saturated heterocycles. The van der Waals surface area contributed by atoms with Crippen molar-refractivity contribution in [2.75, 3.05) is 6.61 Å². The largest absolute Gasteiger partial charge is 0.416 e. The number of Topliss-reactive ketones (excluding diaryl/α,β-unsaturated/α-hetero) is 1. The number of hydrogen-bond donors (Lipinski definition) is 2. The summed E-state index contributed by atoms with van der Waals surface area (Å²) in [6, 6.07) is 0. The lowest BCUT2D eigenvalue weighted by molar-refractivity contribution is -0.507. The number of ketones is 1. The van der Waals surface area contributed by atoms with Gasteiger partial charge in [0.2, 0.25) is 0 Å². The summed E-state index contributed by atoms with van der Waals surface area (Å²) < 4.78 is 25.9. The summed E-state index contributed by atoms with van der Waals surface area (Å²) in [6.07, 6.45) is 3.40. The number of carbonyl (C=O) groups excluding carboxylic acids is 1. The Morgan fingerprint density at radius 1 is 1.18 bits per heavy atom. The molecule has 4 saturated carbocycles. The predicted octanol–water partition coefficient (Wildman–Crippen LogP) is 3.52. The maximum absolute atomic E-state index is 13.0. The second-order valence-electron chi connectivity index (χ2n) is 13.9. The molecule has 0 radical (unpaired) electrons. The summed E-state index contributed by atoms with van der Waals surface area (Å²) in [6.45, 7) is 12.9. The van der Waals surface area contributed by atoms with Gasteiger partial charge in [-0.2, -0.15) is 0 Å². The fourth-order valence-electron chi connectivity index (χ4n) is 8.74. The van der Waals surface area contributed by atoms with Gasteiger partial charge in [0, 0.05) is 31.8 Å². The second kappa shape index (κ2) is 6.94. The molecule has 7 aliphatic rings. The summed E-state index contributed by atoms with van der Waals surface area (Å²) in [7, 11) is -2.12. The van der Waals surface area contributed by atoms with Crippen LogP contribution in [0.4, 0.5) is 0 Å². The molecular formula is C26H42O7Si. The van der Waals surface area contributed by atoms with E-state index in [9.17, 15) is 15.0 Å². The third-order valence-corrected chi connectivity index (χ3v) is 16.2. The fourth-order valence-corrected chi connectivity index (χ4v) is 9.77. The third-order valence-electron chi connectivity index (χ3n) is 11.7. The van der Waals surface area contributed by atoms with E-state index in [0.29, 0.717) is 19.4 Å². The summed E-state index contributed by atoms with van der Waals surface area (Å²) in [4.78, 5) is 13.0. The summed E-state index contributed by atoms with van der Waals surface area (Å²) in [5.41, 5.74) is -3.08.